The van der Waals surface area contributed by atoms with Crippen LogP contribution in [0.1, 0.15) is 32.0 Å². The molecule has 0 saturated carbocycles. The number of nitrogen functional groups attached to an aromatic ring is 1. The molecule has 1 aromatic heterocycles. The molecule has 2 rings (SSSR count). The maximum Gasteiger partial charge on any atom is 0.279 e. The van der Waals surface area contributed by atoms with Crippen molar-refractivity contribution in [2.24, 2.45) is 0 Å². The standard InChI is InChI=1S/C14H19N3O2/c1-3-4-5-6-13-16-12-9-10(19-2)7-8-11(12)14(18)17(13)15/h7-9H,3-6,15H2,1-2H3. The van der Waals surface area contributed by atoms with Crippen molar-refractivity contribution in [1.82, 2.24) is 9.66 Å². The van der Waals surface area contributed by atoms with Gasteiger partial charge in [-0.05, 0) is 18.6 Å². The fourth-order valence-corrected chi connectivity index (χ4v) is 2.06. The summed E-state index contributed by atoms with van der Waals surface area (Å²) in [5.41, 5.74) is 0.428. The van der Waals surface area contributed by atoms with E-state index < -0.39 is 0 Å². The van der Waals surface area contributed by atoms with Gasteiger partial charge in [-0.1, -0.05) is 19.8 Å². The second kappa shape index (κ2) is 5.73. The van der Waals surface area contributed by atoms with E-state index in [1.807, 2.05) is 0 Å². The lowest BCUT2D eigenvalue weighted by molar-refractivity contribution is 0.415. The van der Waals surface area contributed by atoms with Crippen LogP contribution in [0.15, 0.2) is 23.0 Å². The van der Waals surface area contributed by atoms with Gasteiger partial charge in [-0.3, -0.25) is 4.79 Å². The molecule has 2 aromatic rings. The molecular weight excluding hydrogens is 242 g/mol. The smallest absolute Gasteiger partial charge is 0.279 e. The van der Waals surface area contributed by atoms with Crippen LogP contribution in [0.2, 0.25) is 0 Å². The van der Waals surface area contributed by atoms with Gasteiger partial charge in [-0.25, -0.2) is 9.66 Å². The van der Waals surface area contributed by atoms with E-state index >= 15 is 0 Å². The van der Waals surface area contributed by atoms with Gasteiger partial charge in [0.2, 0.25) is 0 Å². The topological polar surface area (TPSA) is 70.1 Å². The normalized spacial score (nSPS) is 10.8. The van der Waals surface area contributed by atoms with Crippen molar-refractivity contribution in [1.29, 1.82) is 0 Å². The van der Waals surface area contributed by atoms with Crippen molar-refractivity contribution < 1.29 is 4.74 Å². The van der Waals surface area contributed by atoms with E-state index in [2.05, 4.69) is 11.9 Å². The molecular formula is C14H19N3O2. The number of aromatic nitrogens is 2. The number of nitrogens with zero attached hydrogens (tertiary/aromatic N) is 2. The maximum absolute atomic E-state index is 12.1. The van der Waals surface area contributed by atoms with Gasteiger partial charge in [0, 0.05) is 12.5 Å². The first-order chi connectivity index (χ1) is 9.17. The molecule has 5 heteroatoms. The fourth-order valence-electron chi connectivity index (χ4n) is 2.06. The highest BCUT2D eigenvalue weighted by Crippen LogP contribution is 2.17. The van der Waals surface area contributed by atoms with E-state index in [1.54, 1.807) is 25.3 Å². The molecule has 0 aliphatic heterocycles. The lowest BCUT2D eigenvalue weighted by Gasteiger charge is -2.09. The van der Waals surface area contributed by atoms with Crippen molar-refractivity contribution in [2.45, 2.75) is 32.6 Å². The SMILES string of the molecule is CCCCCc1nc2cc(OC)ccc2c(=O)n1N. The maximum atomic E-state index is 12.1. The van der Waals surface area contributed by atoms with Crippen LogP contribution in [0.3, 0.4) is 0 Å². The number of fused-ring (bicyclic) bond motifs is 1. The summed E-state index contributed by atoms with van der Waals surface area (Å²) in [6.45, 7) is 2.13. The molecule has 0 bridgehead atoms. The number of aryl methyl sites for hydroxylation is 1. The van der Waals surface area contributed by atoms with Gasteiger partial charge in [0.25, 0.3) is 5.56 Å². The molecule has 0 spiro atoms. The number of methoxy groups -OCH3 is 1. The van der Waals surface area contributed by atoms with Crippen LogP contribution in [0.4, 0.5) is 0 Å². The monoisotopic (exact) mass is 261 g/mol. The summed E-state index contributed by atoms with van der Waals surface area (Å²) in [5.74, 6) is 7.12. The van der Waals surface area contributed by atoms with Crippen molar-refractivity contribution in [3.63, 3.8) is 0 Å². The van der Waals surface area contributed by atoms with Crippen LogP contribution in [0.25, 0.3) is 10.9 Å². The van der Waals surface area contributed by atoms with Crippen LogP contribution in [0, 0.1) is 0 Å². The predicted molar refractivity (Wildman–Crippen MR) is 75.9 cm³/mol. The Balaban J connectivity index is 2.47. The minimum absolute atomic E-state index is 0.209. The van der Waals surface area contributed by atoms with E-state index in [0.29, 0.717) is 28.9 Å². The van der Waals surface area contributed by atoms with E-state index in [1.165, 1.54) is 0 Å². The van der Waals surface area contributed by atoms with Crippen molar-refractivity contribution in [3.8, 4) is 5.75 Å². The number of rotatable bonds is 5. The number of hydrogen-bond acceptors (Lipinski definition) is 4. The zero-order valence-electron chi connectivity index (χ0n) is 11.3. The average Bonchev–Trinajstić information content (AvgIpc) is 2.43. The van der Waals surface area contributed by atoms with E-state index in [0.717, 1.165) is 23.9 Å². The Hall–Kier alpha value is -2.04. The van der Waals surface area contributed by atoms with Gasteiger partial charge in [0.1, 0.15) is 11.6 Å². The molecule has 0 aliphatic carbocycles. The summed E-state index contributed by atoms with van der Waals surface area (Å²) in [7, 11) is 1.59. The van der Waals surface area contributed by atoms with Crippen LogP contribution >= 0.6 is 0 Å². The first-order valence-electron chi connectivity index (χ1n) is 6.52. The molecule has 1 aromatic carbocycles. The molecule has 0 unspecified atom stereocenters. The third-order valence-electron chi connectivity index (χ3n) is 3.19. The molecule has 0 aliphatic rings. The molecule has 0 fully saturated rings. The quantitative estimate of drug-likeness (QED) is 0.658. The van der Waals surface area contributed by atoms with E-state index in [-0.39, 0.29) is 5.56 Å². The summed E-state index contributed by atoms with van der Waals surface area (Å²) in [5, 5.41) is 0.516. The molecule has 0 radical (unpaired) electrons. The molecule has 5 nitrogen and oxygen atoms in total. The summed E-state index contributed by atoms with van der Waals surface area (Å²) < 4.78 is 6.31. The first-order valence-corrected chi connectivity index (χ1v) is 6.52. The molecule has 102 valence electrons. The van der Waals surface area contributed by atoms with Gasteiger partial charge < -0.3 is 10.6 Å². The highest BCUT2D eigenvalue weighted by Gasteiger charge is 2.09. The zero-order chi connectivity index (χ0) is 13.8. The Labute approximate surface area is 112 Å². The second-order valence-electron chi connectivity index (χ2n) is 4.54. The zero-order valence-corrected chi connectivity index (χ0v) is 11.3. The van der Waals surface area contributed by atoms with Crippen LogP contribution < -0.4 is 16.1 Å². The van der Waals surface area contributed by atoms with Gasteiger partial charge in [-0.15, -0.1) is 0 Å². The summed E-state index contributed by atoms with van der Waals surface area (Å²) >= 11 is 0. The van der Waals surface area contributed by atoms with Crippen molar-refractivity contribution in [3.05, 3.63) is 34.4 Å². The number of hydrogen-bond donors (Lipinski definition) is 1. The molecule has 0 atom stereocenters. The highest BCUT2D eigenvalue weighted by atomic mass is 16.5. The highest BCUT2D eigenvalue weighted by molar-refractivity contribution is 5.79. The van der Waals surface area contributed by atoms with Crippen LogP contribution in [-0.2, 0) is 6.42 Å². The fraction of sp³-hybridized carbons (Fsp3) is 0.429. The molecule has 1 heterocycles. The second-order valence-corrected chi connectivity index (χ2v) is 4.54. The summed E-state index contributed by atoms with van der Waals surface area (Å²) in [4.78, 5) is 16.6. The molecule has 2 N–H and O–H groups in total. The molecule has 0 saturated heterocycles. The lowest BCUT2D eigenvalue weighted by Crippen LogP contribution is -2.31. The Morgan fingerprint density at radius 1 is 1.37 bits per heavy atom. The largest absolute Gasteiger partial charge is 0.497 e. The first kappa shape index (κ1) is 13.4. The Bertz CT molecular complexity index is 634. The Morgan fingerprint density at radius 2 is 2.16 bits per heavy atom. The van der Waals surface area contributed by atoms with Gasteiger partial charge in [0.05, 0.1) is 18.0 Å². The van der Waals surface area contributed by atoms with Crippen LogP contribution in [-0.4, -0.2) is 16.8 Å². The van der Waals surface area contributed by atoms with Crippen molar-refractivity contribution >= 4 is 10.9 Å². The number of benzene rings is 1. The number of ether oxygens (including phenoxy) is 1. The summed E-state index contributed by atoms with van der Waals surface area (Å²) in [6, 6.07) is 5.20. The van der Waals surface area contributed by atoms with Gasteiger partial charge in [0.15, 0.2) is 0 Å². The van der Waals surface area contributed by atoms with Crippen LogP contribution in [0.5, 0.6) is 5.75 Å². The third-order valence-corrected chi connectivity index (χ3v) is 3.19. The third kappa shape index (κ3) is 2.70. The minimum atomic E-state index is -0.209. The predicted octanol–water partition coefficient (Wildman–Crippen LogP) is 1.85. The Morgan fingerprint density at radius 3 is 2.84 bits per heavy atom. The van der Waals surface area contributed by atoms with E-state index in [9.17, 15) is 4.79 Å². The lowest BCUT2D eigenvalue weighted by atomic mass is 10.2. The van der Waals surface area contributed by atoms with E-state index in [4.69, 9.17) is 10.6 Å². The summed E-state index contributed by atoms with van der Waals surface area (Å²) in [6.07, 6.45) is 3.92. The Kier molecular flexibility index (Phi) is 4.04. The van der Waals surface area contributed by atoms with Gasteiger partial charge in [-0.2, -0.15) is 0 Å². The minimum Gasteiger partial charge on any atom is -0.497 e. The molecule has 19 heavy (non-hydrogen) atoms. The molecule has 0 amide bonds. The number of unbranched alkanes of at least 4 members (excludes halogenated alkanes) is 2. The van der Waals surface area contributed by atoms with Gasteiger partial charge >= 0.3 is 0 Å². The van der Waals surface area contributed by atoms with Crippen molar-refractivity contribution in [2.75, 3.05) is 13.0 Å². The average molecular weight is 261 g/mol. The number of nitrogens with two attached hydrogens (primary N) is 1.